The van der Waals surface area contributed by atoms with Crippen molar-refractivity contribution in [2.45, 2.75) is 78.4 Å². The highest BCUT2D eigenvalue weighted by Crippen LogP contribution is 2.42. The van der Waals surface area contributed by atoms with Crippen LogP contribution in [0.2, 0.25) is 0 Å². The van der Waals surface area contributed by atoms with Crippen molar-refractivity contribution in [3.63, 3.8) is 0 Å². The monoisotopic (exact) mass is 573 g/mol. The number of rotatable bonds is 13. The van der Waals surface area contributed by atoms with Crippen molar-refractivity contribution < 1.29 is 38.2 Å². The van der Waals surface area contributed by atoms with E-state index in [4.69, 9.17) is 19.0 Å². The largest absolute Gasteiger partial charge is 0.487 e. The predicted molar refractivity (Wildman–Crippen MR) is 150 cm³/mol. The van der Waals surface area contributed by atoms with E-state index in [1.807, 2.05) is 27.7 Å². The van der Waals surface area contributed by atoms with Crippen molar-refractivity contribution >= 4 is 34.7 Å². The molecule has 4 N–H and O–H groups in total. The molecule has 0 aliphatic carbocycles. The molecule has 3 amide bonds. The van der Waals surface area contributed by atoms with Crippen molar-refractivity contribution in [3.05, 3.63) is 33.7 Å². The molecular weight excluding hydrogens is 534 g/mol. The highest BCUT2D eigenvalue weighted by molar-refractivity contribution is 5.92. The fourth-order valence-electron chi connectivity index (χ4n) is 4.60. The summed E-state index contributed by atoms with van der Waals surface area (Å²) in [7, 11) is 0. The third-order valence-electron chi connectivity index (χ3n) is 7.09. The molecule has 2 heterocycles. The summed E-state index contributed by atoms with van der Waals surface area (Å²) >= 11 is 0. The molecule has 12 nitrogen and oxygen atoms in total. The summed E-state index contributed by atoms with van der Waals surface area (Å²) in [6, 6.07) is 2.21. The molecule has 0 saturated heterocycles. The zero-order valence-electron chi connectivity index (χ0n) is 24.2. The molecular formula is C29H39N3O9. The van der Waals surface area contributed by atoms with E-state index in [-0.39, 0.29) is 31.8 Å². The minimum absolute atomic E-state index is 0.0744. The number of ether oxygens (including phenoxy) is 2. The quantitative estimate of drug-likeness (QED) is 0.207. The zero-order chi connectivity index (χ0) is 30.3. The van der Waals surface area contributed by atoms with E-state index < -0.39 is 47.6 Å². The molecule has 0 saturated carbocycles. The first kappa shape index (κ1) is 31.4. The van der Waals surface area contributed by atoms with E-state index in [9.17, 15) is 24.0 Å². The van der Waals surface area contributed by atoms with Crippen LogP contribution >= 0.6 is 0 Å². The van der Waals surface area contributed by atoms with Crippen LogP contribution in [0.1, 0.15) is 64.5 Å². The van der Waals surface area contributed by atoms with Gasteiger partial charge in [0.15, 0.2) is 6.61 Å². The summed E-state index contributed by atoms with van der Waals surface area (Å²) in [5, 5.41) is 17.1. The number of amides is 3. The highest BCUT2D eigenvalue weighted by Gasteiger charge is 2.31. The molecule has 0 fully saturated rings. The molecule has 0 bridgehead atoms. The summed E-state index contributed by atoms with van der Waals surface area (Å²) < 4.78 is 17.5. The Bertz CT molecular complexity index is 1370. The third-order valence-corrected chi connectivity index (χ3v) is 7.09. The van der Waals surface area contributed by atoms with Crippen LogP contribution in [0.15, 0.2) is 21.3 Å². The Balaban J connectivity index is 1.62. The summed E-state index contributed by atoms with van der Waals surface area (Å²) in [5.74, 6) is -1.85. The maximum Gasteiger partial charge on any atom is 0.336 e. The van der Waals surface area contributed by atoms with Crippen LogP contribution in [-0.4, -0.2) is 60.1 Å². The second-order valence-corrected chi connectivity index (χ2v) is 11.0. The van der Waals surface area contributed by atoms with E-state index in [0.29, 0.717) is 40.9 Å². The van der Waals surface area contributed by atoms with Gasteiger partial charge in [-0.3, -0.25) is 19.2 Å². The standard InChI is InChI=1S/C29H39N3O9/c1-6-16(2)26(28(38)30-11-7-8-23(35)36)32-21(33)14-31-22(34)15-39-20-13-19-18(9-10-29(4,5)41-19)27-25(20)17(3)12-24(37)40-27/h12-13,16,26H,6-11,14-15H2,1-5H3,(H,30,38)(H,31,34)(H,32,33)(H,35,36)/t16-,26+/m1/s1. The fraction of sp³-hybridized carbons (Fsp3) is 0.552. The smallest absolute Gasteiger partial charge is 0.336 e. The number of aryl methyl sites for hydroxylation is 2. The van der Waals surface area contributed by atoms with Crippen molar-refractivity contribution in [2.24, 2.45) is 5.92 Å². The van der Waals surface area contributed by atoms with Gasteiger partial charge in [-0.2, -0.15) is 0 Å². The van der Waals surface area contributed by atoms with Gasteiger partial charge in [-0.25, -0.2) is 4.79 Å². The molecule has 2 atom stereocenters. The zero-order valence-corrected chi connectivity index (χ0v) is 24.2. The number of carbonyl (C=O) groups is 4. The number of carboxylic acid groups (broad SMARTS) is 1. The summed E-state index contributed by atoms with van der Waals surface area (Å²) in [6.45, 7) is 8.74. The Labute approximate surface area is 238 Å². The number of benzene rings is 1. The molecule has 41 heavy (non-hydrogen) atoms. The van der Waals surface area contributed by atoms with Gasteiger partial charge < -0.3 is 34.9 Å². The molecule has 224 valence electrons. The van der Waals surface area contributed by atoms with E-state index in [0.717, 1.165) is 12.0 Å². The maximum absolute atomic E-state index is 12.6. The molecule has 1 aromatic carbocycles. The Morgan fingerprint density at radius 1 is 1.15 bits per heavy atom. The first-order valence-electron chi connectivity index (χ1n) is 13.8. The second kappa shape index (κ2) is 13.5. The third kappa shape index (κ3) is 8.45. The van der Waals surface area contributed by atoms with Gasteiger partial charge in [-0.15, -0.1) is 0 Å². The average Bonchev–Trinajstić information content (AvgIpc) is 2.89. The fourth-order valence-corrected chi connectivity index (χ4v) is 4.60. The van der Waals surface area contributed by atoms with Crippen LogP contribution in [0.5, 0.6) is 11.5 Å². The van der Waals surface area contributed by atoms with Crippen molar-refractivity contribution in [1.82, 2.24) is 16.0 Å². The molecule has 2 aromatic rings. The van der Waals surface area contributed by atoms with E-state index in [1.165, 1.54) is 6.07 Å². The van der Waals surface area contributed by atoms with Gasteiger partial charge in [-0.05, 0) is 51.5 Å². The van der Waals surface area contributed by atoms with Crippen LogP contribution in [0, 0.1) is 12.8 Å². The lowest BCUT2D eigenvalue weighted by atomic mass is 9.92. The Kier molecular flexibility index (Phi) is 10.4. The Hall–Kier alpha value is -4.09. The lowest BCUT2D eigenvalue weighted by Gasteiger charge is -2.33. The minimum Gasteiger partial charge on any atom is -0.487 e. The summed E-state index contributed by atoms with van der Waals surface area (Å²) in [5.41, 5.74) is 0.865. The van der Waals surface area contributed by atoms with Gasteiger partial charge in [0, 0.05) is 30.7 Å². The Morgan fingerprint density at radius 3 is 2.56 bits per heavy atom. The molecule has 12 heteroatoms. The van der Waals surface area contributed by atoms with Gasteiger partial charge in [0.25, 0.3) is 5.91 Å². The number of carboxylic acids is 1. The van der Waals surface area contributed by atoms with Crippen LogP contribution < -0.4 is 31.0 Å². The molecule has 1 aliphatic rings. The number of aliphatic carboxylic acids is 1. The molecule has 0 spiro atoms. The van der Waals surface area contributed by atoms with Crippen LogP contribution in [0.25, 0.3) is 11.0 Å². The highest BCUT2D eigenvalue weighted by atomic mass is 16.5. The number of carbonyl (C=O) groups excluding carboxylic acids is 3. The van der Waals surface area contributed by atoms with Gasteiger partial charge in [0.05, 0.1) is 11.9 Å². The average molecular weight is 574 g/mol. The van der Waals surface area contributed by atoms with E-state index >= 15 is 0 Å². The first-order valence-corrected chi connectivity index (χ1v) is 13.8. The van der Waals surface area contributed by atoms with Crippen molar-refractivity contribution in [1.29, 1.82) is 0 Å². The van der Waals surface area contributed by atoms with Crippen LogP contribution in [0.4, 0.5) is 0 Å². The van der Waals surface area contributed by atoms with Crippen LogP contribution in [-0.2, 0) is 25.6 Å². The van der Waals surface area contributed by atoms with Gasteiger partial charge >= 0.3 is 11.6 Å². The Morgan fingerprint density at radius 2 is 1.88 bits per heavy atom. The minimum atomic E-state index is -0.954. The van der Waals surface area contributed by atoms with Gasteiger partial charge in [-0.1, -0.05) is 20.3 Å². The van der Waals surface area contributed by atoms with Crippen molar-refractivity contribution in [2.75, 3.05) is 19.7 Å². The predicted octanol–water partition coefficient (Wildman–Crippen LogP) is 2.21. The lowest BCUT2D eigenvalue weighted by molar-refractivity contribution is -0.137. The normalized spacial score (nSPS) is 15.1. The number of nitrogens with one attached hydrogen (secondary N) is 3. The molecule has 1 aliphatic heterocycles. The van der Waals surface area contributed by atoms with Crippen molar-refractivity contribution in [3.8, 4) is 11.5 Å². The van der Waals surface area contributed by atoms with E-state index in [1.54, 1.807) is 13.0 Å². The van der Waals surface area contributed by atoms with E-state index in [2.05, 4.69) is 16.0 Å². The maximum atomic E-state index is 12.6. The second-order valence-electron chi connectivity index (χ2n) is 11.0. The molecule has 0 unspecified atom stereocenters. The lowest BCUT2D eigenvalue weighted by Crippen LogP contribution is -2.52. The first-order chi connectivity index (χ1) is 19.3. The number of fused-ring (bicyclic) bond motifs is 3. The topological polar surface area (TPSA) is 173 Å². The summed E-state index contributed by atoms with van der Waals surface area (Å²) in [4.78, 5) is 60.5. The molecule has 3 rings (SSSR count). The van der Waals surface area contributed by atoms with Crippen LogP contribution in [0.3, 0.4) is 0 Å². The van der Waals surface area contributed by atoms with Gasteiger partial charge in [0.1, 0.15) is 28.7 Å². The van der Waals surface area contributed by atoms with Gasteiger partial charge in [0.2, 0.25) is 11.8 Å². The SMILES string of the molecule is CC[C@@H](C)[C@H](NC(=O)CNC(=O)COc1cc2c(c3oc(=O)cc(C)c13)CCC(C)(C)O2)C(=O)NCCCC(=O)O. The summed E-state index contributed by atoms with van der Waals surface area (Å²) in [6.07, 6.45) is 2.20. The molecule has 0 radical (unpaired) electrons. The molecule has 1 aromatic heterocycles. The number of hydrogen-bond acceptors (Lipinski definition) is 8. The number of hydrogen-bond donors (Lipinski definition) is 4.